The average molecular weight is 280 g/mol. The van der Waals surface area contributed by atoms with Crippen LogP contribution in [0.3, 0.4) is 0 Å². The Morgan fingerprint density at radius 1 is 1.05 bits per heavy atom. The van der Waals surface area contributed by atoms with Gasteiger partial charge in [-0.05, 0) is 58.3 Å². The Morgan fingerprint density at radius 3 is 2.75 bits per heavy atom. The van der Waals surface area contributed by atoms with Crippen molar-refractivity contribution < 1.29 is 0 Å². The highest BCUT2D eigenvalue weighted by Gasteiger charge is 2.41. The Balaban J connectivity index is 1.68. The standard InChI is InChI=1S/C16H32N4/c1-2-18-8-4-6-16(14-17,7-10-18)20-12-11-19-9-3-5-15(19)13-20/h15H,2-14,17H2,1H3. The second-order valence-electron chi connectivity index (χ2n) is 6.99. The predicted molar refractivity (Wildman–Crippen MR) is 83.9 cm³/mol. The van der Waals surface area contributed by atoms with E-state index in [2.05, 4.69) is 21.6 Å². The second kappa shape index (κ2) is 6.30. The van der Waals surface area contributed by atoms with E-state index in [1.54, 1.807) is 0 Å². The maximum Gasteiger partial charge on any atom is 0.0345 e. The van der Waals surface area contributed by atoms with Crippen molar-refractivity contribution in [1.82, 2.24) is 14.7 Å². The summed E-state index contributed by atoms with van der Waals surface area (Å²) in [6.07, 6.45) is 6.68. The molecule has 3 rings (SSSR count). The molecular weight excluding hydrogens is 248 g/mol. The van der Waals surface area contributed by atoms with E-state index >= 15 is 0 Å². The van der Waals surface area contributed by atoms with Gasteiger partial charge in [-0.2, -0.15) is 0 Å². The second-order valence-corrected chi connectivity index (χ2v) is 6.99. The summed E-state index contributed by atoms with van der Waals surface area (Å²) in [6.45, 7) is 11.9. The predicted octanol–water partition coefficient (Wildman–Crippen LogP) is 0.970. The Hall–Kier alpha value is -0.160. The van der Waals surface area contributed by atoms with Crippen molar-refractivity contribution in [3.63, 3.8) is 0 Å². The van der Waals surface area contributed by atoms with Gasteiger partial charge < -0.3 is 10.6 Å². The van der Waals surface area contributed by atoms with E-state index in [4.69, 9.17) is 5.73 Å². The number of likely N-dealkylation sites (tertiary alicyclic amines) is 1. The number of fused-ring (bicyclic) bond motifs is 1. The molecular formula is C16H32N4. The van der Waals surface area contributed by atoms with E-state index < -0.39 is 0 Å². The van der Waals surface area contributed by atoms with E-state index in [1.807, 2.05) is 0 Å². The molecule has 2 N–H and O–H groups in total. The molecule has 0 amide bonds. The largest absolute Gasteiger partial charge is 0.329 e. The third kappa shape index (κ3) is 2.76. The SMILES string of the molecule is CCN1CCCC(CN)(N2CCN3CCCC3C2)CC1. The van der Waals surface area contributed by atoms with Crippen LogP contribution in [0.15, 0.2) is 0 Å². The molecule has 0 bridgehead atoms. The molecule has 0 aromatic heterocycles. The molecule has 3 aliphatic rings. The third-order valence-electron chi connectivity index (χ3n) is 6.10. The lowest BCUT2D eigenvalue weighted by atomic mass is 9.87. The number of nitrogens with zero attached hydrogens (tertiary/aromatic N) is 3. The average Bonchev–Trinajstić information content (AvgIpc) is 2.85. The summed E-state index contributed by atoms with van der Waals surface area (Å²) in [4.78, 5) is 8.08. The number of hydrogen-bond donors (Lipinski definition) is 1. The van der Waals surface area contributed by atoms with Gasteiger partial charge in [0.2, 0.25) is 0 Å². The van der Waals surface area contributed by atoms with Crippen LogP contribution in [0.25, 0.3) is 0 Å². The molecule has 20 heavy (non-hydrogen) atoms. The monoisotopic (exact) mass is 280 g/mol. The van der Waals surface area contributed by atoms with Gasteiger partial charge in [0.1, 0.15) is 0 Å². The summed E-state index contributed by atoms with van der Waals surface area (Å²) in [5.74, 6) is 0. The summed E-state index contributed by atoms with van der Waals surface area (Å²) in [5.41, 5.74) is 6.58. The number of hydrogen-bond acceptors (Lipinski definition) is 4. The van der Waals surface area contributed by atoms with Gasteiger partial charge in [0.05, 0.1) is 0 Å². The molecule has 4 heteroatoms. The van der Waals surface area contributed by atoms with Crippen LogP contribution in [0.4, 0.5) is 0 Å². The van der Waals surface area contributed by atoms with Gasteiger partial charge in [0.25, 0.3) is 0 Å². The normalized spacial score (nSPS) is 37.8. The van der Waals surface area contributed by atoms with Crippen molar-refractivity contribution in [1.29, 1.82) is 0 Å². The number of rotatable bonds is 3. The summed E-state index contributed by atoms with van der Waals surface area (Å²) >= 11 is 0. The molecule has 0 aromatic carbocycles. The maximum atomic E-state index is 6.29. The van der Waals surface area contributed by atoms with Crippen molar-refractivity contribution >= 4 is 0 Å². The molecule has 3 aliphatic heterocycles. The molecule has 0 radical (unpaired) electrons. The van der Waals surface area contributed by atoms with Gasteiger partial charge in [-0.1, -0.05) is 6.92 Å². The van der Waals surface area contributed by atoms with Crippen LogP contribution in [-0.4, -0.2) is 78.6 Å². The third-order valence-corrected chi connectivity index (χ3v) is 6.10. The van der Waals surface area contributed by atoms with Crippen LogP contribution in [0, 0.1) is 0 Å². The Labute approximate surface area is 124 Å². The topological polar surface area (TPSA) is 35.7 Å². The zero-order chi connectivity index (χ0) is 14.0. The van der Waals surface area contributed by atoms with Crippen molar-refractivity contribution in [3.8, 4) is 0 Å². The van der Waals surface area contributed by atoms with Gasteiger partial charge in [-0.15, -0.1) is 0 Å². The highest BCUT2D eigenvalue weighted by Crippen LogP contribution is 2.32. The number of piperazine rings is 1. The summed E-state index contributed by atoms with van der Waals surface area (Å²) in [7, 11) is 0. The van der Waals surface area contributed by atoms with E-state index in [1.165, 1.54) is 77.9 Å². The lowest BCUT2D eigenvalue weighted by Crippen LogP contribution is -2.62. The van der Waals surface area contributed by atoms with Gasteiger partial charge >= 0.3 is 0 Å². The van der Waals surface area contributed by atoms with Crippen LogP contribution in [0.1, 0.15) is 39.0 Å². The summed E-state index contributed by atoms with van der Waals surface area (Å²) < 4.78 is 0. The molecule has 2 atom stereocenters. The van der Waals surface area contributed by atoms with E-state index in [0.717, 1.165) is 12.6 Å². The Kier molecular flexibility index (Phi) is 4.65. The van der Waals surface area contributed by atoms with Crippen molar-refractivity contribution in [2.75, 3.05) is 52.4 Å². The zero-order valence-corrected chi connectivity index (χ0v) is 13.2. The molecule has 0 spiro atoms. The molecule has 4 nitrogen and oxygen atoms in total. The van der Waals surface area contributed by atoms with Crippen LogP contribution in [0.2, 0.25) is 0 Å². The Bertz CT molecular complexity index is 322. The van der Waals surface area contributed by atoms with Crippen molar-refractivity contribution in [3.05, 3.63) is 0 Å². The van der Waals surface area contributed by atoms with Crippen molar-refractivity contribution in [2.45, 2.75) is 50.6 Å². The van der Waals surface area contributed by atoms with E-state index in [9.17, 15) is 0 Å². The van der Waals surface area contributed by atoms with E-state index in [0.29, 0.717) is 5.54 Å². The first-order valence-corrected chi connectivity index (χ1v) is 8.69. The quantitative estimate of drug-likeness (QED) is 0.836. The molecule has 3 heterocycles. The van der Waals surface area contributed by atoms with Crippen LogP contribution < -0.4 is 5.73 Å². The fraction of sp³-hybridized carbons (Fsp3) is 1.00. The molecule has 3 fully saturated rings. The minimum absolute atomic E-state index is 0.290. The first-order valence-electron chi connectivity index (χ1n) is 8.69. The number of nitrogens with two attached hydrogens (primary N) is 1. The van der Waals surface area contributed by atoms with Crippen LogP contribution in [-0.2, 0) is 0 Å². The fourth-order valence-corrected chi connectivity index (χ4v) is 4.62. The van der Waals surface area contributed by atoms with Gasteiger partial charge in [0, 0.05) is 37.8 Å². The summed E-state index contributed by atoms with van der Waals surface area (Å²) in [5, 5.41) is 0. The minimum Gasteiger partial charge on any atom is -0.329 e. The highest BCUT2D eigenvalue weighted by molar-refractivity contribution is 4.99. The van der Waals surface area contributed by atoms with Gasteiger partial charge in [-0.25, -0.2) is 0 Å². The fourth-order valence-electron chi connectivity index (χ4n) is 4.62. The minimum atomic E-state index is 0.290. The molecule has 0 aliphatic carbocycles. The lowest BCUT2D eigenvalue weighted by molar-refractivity contribution is 0.00975. The first kappa shape index (κ1) is 14.8. The molecule has 2 unspecified atom stereocenters. The lowest BCUT2D eigenvalue weighted by Gasteiger charge is -2.49. The summed E-state index contributed by atoms with van der Waals surface area (Å²) in [6, 6.07) is 0.817. The molecule has 0 aromatic rings. The highest BCUT2D eigenvalue weighted by atomic mass is 15.3. The molecule has 116 valence electrons. The van der Waals surface area contributed by atoms with Crippen LogP contribution in [0.5, 0.6) is 0 Å². The van der Waals surface area contributed by atoms with Crippen molar-refractivity contribution in [2.24, 2.45) is 5.73 Å². The first-order chi connectivity index (χ1) is 9.77. The smallest absolute Gasteiger partial charge is 0.0345 e. The molecule has 3 saturated heterocycles. The molecule has 0 saturated carbocycles. The maximum absolute atomic E-state index is 6.29. The Morgan fingerprint density at radius 2 is 1.95 bits per heavy atom. The van der Waals surface area contributed by atoms with Crippen LogP contribution >= 0.6 is 0 Å². The van der Waals surface area contributed by atoms with Gasteiger partial charge in [0.15, 0.2) is 0 Å². The van der Waals surface area contributed by atoms with Gasteiger partial charge in [-0.3, -0.25) is 9.80 Å². The zero-order valence-electron chi connectivity index (χ0n) is 13.2. The van der Waals surface area contributed by atoms with E-state index in [-0.39, 0.29) is 0 Å².